The van der Waals surface area contributed by atoms with Gasteiger partial charge < -0.3 is 25.6 Å². The average molecular weight is 497 g/mol. The van der Waals surface area contributed by atoms with Gasteiger partial charge in [-0.1, -0.05) is 0 Å². The number of pyridine rings is 2. The molecule has 36 heavy (non-hydrogen) atoms. The number of nitrogen functional groups attached to an aromatic ring is 1. The molecule has 5 N–H and O–H groups in total. The molecule has 11 heteroatoms. The van der Waals surface area contributed by atoms with Gasteiger partial charge in [0.1, 0.15) is 24.2 Å². The van der Waals surface area contributed by atoms with Crippen LogP contribution in [0.1, 0.15) is 19.4 Å². The van der Waals surface area contributed by atoms with Crippen LogP contribution in [-0.4, -0.2) is 70.6 Å². The van der Waals surface area contributed by atoms with Crippen molar-refractivity contribution < 1.29 is 23.8 Å². The minimum atomic E-state index is -0.805. The highest BCUT2D eigenvalue weighted by Crippen LogP contribution is 2.39. The van der Waals surface area contributed by atoms with Gasteiger partial charge >= 0.3 is 6.09 Å². The minimum absolute atomic E-state index is 0.0353. The average Bonchev–Trinajstić information content (AvgIpc) is 2.80. The molecule has 2 aliphatic heterocycles. The zero-order valence-electron chi connectivity index (χ0n) is 20.4. The Morgan fingerprint density at radius 3 is 2.86 bits per heavy atom. The molecule has 1 amide bonds. The molecule has 1 saturated heterocycles. The van der Waals surface area contributed by atoms with Crippen molar-refractivity contribution >= 4 is 34.1 Å². The third-order valence-corrected chi connectivity index (χ3v) is 6.27. The van der Waals surface area contributed by atoms with E-state index < -0.39 is 17.5 Å². The highest BCUT2D eigenvalue weighted by molar-refractivity contribution is 5.99. The molecular weight excluding hydrogens is 467 g/mol. The molecule has 190 valence electrons. The summed E-state index contributed by atoms with van der Waals surface area (Å²) >= 11 is 0. The number of nitrogens with zero attached hydrogens (tertiary/aromatic N) is 3. The summed E-state index contributed by atoms with van der Waals surface area (Å²) in [7, 11) is 0. The number of rotatable bonds is 5. The first-order valence-corrected chi connectivity index (χ1v) is 11.8. The lowest BCUT2D eigenvalue weighted by Gasteiger charge is -2.40. The van der Waals surface area contributed by atoms with E-state index in [9.17, 15) is 9.90 Å². The zero-order chi connectivity index (χ0) is 25.6. The number of aromatic nitrogens is 2. The number of hydrogen-bond donors (Lipinski definition) is 4. The minimum Gasteiger partial charge on any atom is -0.474 e. The molecule has 0 bridgehead atoms. The Morgan fingerprint density at radius 1 is 1.33 bits per heavy atom. The molecule has 10 nitrogen and oxygen atoms in total. The van der Waals surface area contributed by atoms with Crippen molar-refractivity contribution in [2.75, 3.05) is 49.2 Å². The van der Waals surface area contributed by atoms with Gasteiger partial charge in [-0.3, -0.25) is 10.2 Å². The Labute approximate surface area is 207 Å². The van der Waals surface area contributed by atoms with E-state index in [1.54, 1.807) is 32.2 Å². The van der Waals surface area contributed by atoms with Crippen LogP contribution in [0.5, 0.6) is 5.88 Å². The molecular formula is C25H29FN6O4. The molecule has 2 aromatic heterocycles. The quantitative estimate of drug-likeness (QED) is 0.393. The van der Waals surface area contributed by atoms with Crippen molar-refractivity contribution in [2.45, 2.75) is 32.5 Å². The van der Waals surface area contributed by atoms with E-state index in [0.717, 1.165) is 11.3 Å². The third kappa shape index (κ3) is 4.71. The standard InChI is InChI=1S/C25H29FN6O4/c1-13-17(8-30-23-22(13)28-4-5-35-23)16-6-14-7-19(29-9-18(14)21(27)20(16)26)31-24(33)36-15-10-32(11-15)12-25(2,3)34/h6-9,15,28,34H,4-5,10-12,27H2,1-3H3,(H,29,31,33). The summed E-state index contributed by atoms with van der Waals surface area (Å²) in [5.41, 5.74) is 7.70. The first kappa shape index (κ1) is 24.0. The topological polar surface area (TPSA) is 135 Å². The van der Waals surface area contributed by atoms with Gasteiger partial charge in [0, 0.05) is 55.1 Å². The first-order valence-electron chi connectivity index (χ1n) is 11.8. The molecule has 1 fully saturated rings. The van der Waals surface area contributed by atoms with Crippen LogP contribution in [0.3, 0.4) is 0 Å². The van der Waals surface area contributed by atoms with E-state index in [4.69, 9.17) is 15.2 Å². The van der Waals surface area contributed by atoms with Gasteiger partial charge in [-0.15, -0.1) is 0 Å². The molecule has 1 aromatic carbocycles. The van der Waals surface area contributed by atoms with Crippen LogP contribution in [0, 0.1) is 12.7 Å². The van der Waals surface area contributed by atoms with Crippen LogP contribution in [0.4, 0.5) is 26.4 Å². The number of aliphatic hydroxyl groups is 1. The summed E-state index contributed by atoms with van der Waals surface area (Å²) in [6, 6.07) is 3.29. The van der Waals surface area contributed by atoms with Crippen LogP contribution >= 0.6 is 0 Å². The lowest BCUT2D eigenvalue weighted by atomic mass is 9.97. The molecule has 5 rings (SSSR count). The van der Waals surface area contributed by atoms with Crippen molar-refractivity contribution in [3.05, 3.63) is 35.9 Å². The Balaban J connectivity index is 1.35. The lowest BCUT2D eigenvalue weighted by Crippen LogP contribution is -2.56. The second-order valence-corrected chi connectivity index (χ2v) is 9.85. The van der Waals surface area contributed by atoms with Crippen molar-refractivity contribution in [1.29, 1.82) is 0 Å². The van der Waals surface area contributed by atoms with Crippen LogP contribution in [0.25, 0.3) is 21.9 Å². The number of fused-ring (bicyclic) bond motifs is 2. The molecule has 0 saturated carbocycles. The van der Waals surface area contributed by atoms with E-state index in [2.05, 4.69) is 20.6 Å². The fraction of sp³-hybridized carbons (Fsp3) is 0.400. The number of nitrogens with one attached hydrogen (secondary N) is 2. The summed E-state index contributed by atoms with van der Waals surface area (Å²) in [6.07, 6.45) is 2.10. The number of benzene rings is 1. The number of amides is 1. The Hall–Kier alpha value is -3.70. The predicted octanol–water partition coefficient (Wildman–Crippen LogP) is 3.13. The number of carbonyl (C=O) groups excluding carboxylic acids is 1. The molecule has 3 aromatic rings. The van der Waals surface area contributed by atoms with Crippen molar-refractivity contribution in [3.8, 4) is 17.0 Å². The molecule has 0 radical (unpaired) electrons. The van der Waals surface area contributed by atoms with Gasteiger partial charge in [0.2, 0.25) is 5.88 Å². The second kappa shape index (κ2) is 9.07. The van der Waals surface area contributed by atoms with Gasteiger partial charge in [-0.2, -0.15) is 0 Å². The molecule has 2 aliphatic rings. The molecule has 0 unspecified atom stereocenters. The molecule has 0 atom stereocenters. The van der Waals surface area contributed by atoms with Crippen LogP contribution in [0.2, 0.25) is 0 Å². The lowest BCUT2D eigenvalue weighted by molar-refractivity contribution is -0.0493. The Kier molecular flexibility index (Phi) is 6.05. The summed E-state index contributed by atoms with van der Waals surface area (Å²) in [5.74, 6) is 0.180. The zero-order valence-corrected chi connectivity index (χ0v) is 20.4. The largest absolute Gasteiger partial charge is 0.474 e. The summed E-state index contributed by atoms with van der Waals surface area (Å²) in [4.78, 5) is 22.9. The van der Waals surface area contributed by atoms with Crippen LogP contribution in [0.15, 0.2) is 24.5 Å². The SMILES string of the molecule is Cc1c(-c2cc3cc(NC(=O)OC4CN(CC(C)(C)O)C4)ncc3c(N)c2F)cnc2c1NCCO2. The molecule has 0 aliphatic carbocycles. The van der Waals surface area contributed by atoms with Gasteiger partial charge in [-0.05, 0) is 43.9 Å². The van der Waals surface area contributed by atoms with Gasteiger partial charge in [0.05, 0.1) is 11.3 Å². The highest BCUT2D eigenvalue weighted by atomic mass is 19.1. The number of ether oxygens (including phenoxy) is 2. The van der Waals surface area contributed by atoms with Crippen LogP contribution < -0.4 is 21.1 Å². The van der Waals surface area contributed by atoms with Crippen LogP contribution in [-0.2, 0) is 4.74 Å². The van der Waals surface area contributed by atoms with E-state index >= 15 is 4.39 Å². The number of hydrogen-bond acceptors (Lipinski definition) is 9. The molecule has 0 spiro atoms. The number of nitrogens with two attached hydrogens (primary N) is 1. The monoisotopic (exact) mass is 496 g/mol. The van der Waals surface area contributed by atoms with E-state index in [0.29, 0.717) is 60.6 Å². The van der Waals surface area contributed by atoms with Crippen molar-refractivity contribution in [2.24, 2.45) is 0 Å². The summed E-state index contributed by atoms with van der Waals surface area (Å²) < 4.78 is 26.3. The van der Waals surface area contributed by atoms with Gasteiger partial charge in [0.25, 0.3) is 0 Å². The highest BCUT2D eigenvalue weighted by Gasteiger charge is 2.33. The smallest absolute Gasteiger partial charge is 0.413 e. The van der Waals surface area contributed by atoms with E-state index in [1.807, 2.05) is 11.8 Å². The normalized spacial score (nSPS) is 16.0. The summed E-state index contributed by atoms with van der Waals surface area (Å²) in [6.45, 7) is 8.10. The number of halogens is 1. The van der Waals surface area contributed by atoms with Crippen molar-refractivity contribution in [3.63, 3.8) is 0 Å². The predicted molar refractivity (Wildman–Crippen MR) is 135 cm³/mol. The maximum Gasteiger partial charge on any atom is 0.413 e. The van der Waals surface area contributed by atoms with E-state index in [1.165, 1.54) is 6.20 Å². The number of carbonyl (C=O) groups is 1. The number of β-amino-alcohol motifs (C(OH)–C–C–N with tert-alkyl or cyclic N) is 1. The number of likely N-dealkylation sites (tertiary alicyclic amines) is 1. The fourth-order valence-corrected chi connectivity index (χ4v) is 4.61. The van der Waals surface area contributed by atoms with Gasteiger partial charge in [-0.25, -0.2) is 19.2 Å². The maximum atomic E-state index is 15.3. The Morgan fingerprint density at radius 2 is 2.11 bits per heavy atom. The second-order valence-electron chi connectivity index (χ2n) is 9.85. The maximum absolute atomic E-state index is 15.3. The molecule has 4 heterocycles. The van der Waals surface area contributed by atoms with Crippen molar-refractivity contribution in [1.82, 2.24) is 14.9 Å². The fourth-order valence-electron chi connectivity index (χ4n) is 4.61. The number of anilines is 3. The van der Waals surface area contributed by atoms with E-state index in [-0.39, 0.29) is 17.6 Å². The first-order chi connectivity index (χ1) is 17.1. The third-order valence-electron chi connectivity index (χ3n) is 6.27. The van der Waals surface area contributed by atoms with Gasteiger partial charge in [0.15, 0.2) is 5.82 Å². The summed E-state index contributed by atoms with van der Waals surface area (Å²) in [5, 5.41) is 16.8. The Bertz CT molecular complexity index is 1340.